The van der Waals surface area contributed by atoms with Crippen molar-refractivity contribution in [1.82, 2.24) is 10.7 Å². The smallest absolute Gasteiger partial charge is 0.240 e. The van der Waals surface area contributed by atoms with E-state index in [2.05, 4.69) is 22.6 Å². The number of amides is 2. The zero-order valence-corrected chi connectivity index (χ0v) is 10.2. The van der Waals surface area contributed by atoms with Crippen LogP contribution in [-0.4, -0.2) is 37.1 Å². The van der Waals surface area contributed by atoms with Crippen molar-refractivity contribution >= 4 is 40.1 Å². The summed E-state index contributed by atoms with van der Waals surface area (Å²) in [5.74, 6) is 1.37. The third-order valence-corrected chi connectivity index (χ3v) is 3.80. The fraction of sp³-hybridized carbons (Fsp3) is 0.625. The third-order valence-electron chi connectivity index (χ3n) is 1.39. The van der Waals surface area contributed by atoms with Gasteiger partial charge >= 0.3 is 0 Å². The molecule has 2 N–H and O–H groups in total. The summed E-state index contributed by atoms with van der Waals surface area (Å²) in [5, 5.41) is 5.81. The lowest BCUT2D eigenvalue weighted by molar-refractivity contribution is -0.121. The number of hydrogen-bond acceptors (Lipinski definition) is 5. The molecule has 0 aromatic rings. The molecule has 2 amide bonds. The number of hydrogen-bond donors (Lipinski definition) is 2. The van der Waals surface area contributed by atoms with Crippen LogP contribution in [0.4, 0.5) is 0 Å². The standard InChI is InChI=1S/C8H15N3O2S2/c1-9-7(12)3-5-14-15-6-4-8(13)11-10-2/h2-6H2,1H3,(H,9,12)(H,11,13). The Morgan fingerprint density at radius 3 is 2.20 bits per heavy atom. The van der Waals surface area contributed by atoms with Crippen molar-refractivity contribution in [3.05, 3.63) is 0 Å². The highest BCUT2D eigenvalue weighted by molar-refractivity contribution is 8.76. The molecule has 0 spiro atoms. The van der Waals surface area contributed by atoms with Gasteiger partial charge < -0.3 is 5.32 Å². The van der Waals surface area contributed by atoms with E-state index in [1.165, 1.54) is 0 Å². The Morgan fingerprint density at radius 1 is 1.20 bits per heavy atom. The molecule has 0 fully saturated rings. The second-order valence-corrected chi connectivity index (χ2v) is 5.21. The minimum atomic E-state index is -0.135. The van der Waals surface area contributed by atoms with Crippen LogP contribution in [-0.2, 0) is 9.59 Å². The number of nitrogens with zero attached hydrogens (tertiary/aromatic N) is 1. The Hall–Kier alpha value is -0.690. The lowest BCUT2D eigenvalue weighted by Crippen LogP contribution is -2.17. The average molecular weight is 249 g/mol. The SMILES string of the molecule is C=NNC(=O)CCSSCCC(=O)NC. The number of carbonyl (C=O) groups is 2. The number of hydrazone groups is 1. The van der Waals surface area contributed by atoms with Crippen molar-refractivity contribution in [2.75, 3.05) is 18.6 Å². The maximum absolute atomic E-state index is 10.9. The van der Waals surface area contributed by atoms with Gasteiger partial charge in [0.15, 0.2) is 0 Å². The molecular formula is C8H15N3O2S2. The van der Waals surface area contributed by atoms with E-state index in [4.69, 9.17) is 0 Å². The molecule has 0 atom stereocenters. The molecule has 15 heavy (non-hydrogen) atoms. The normalized spacial score (nSPS) is 9.40. The van der Waals surface area contributed by atoms with Crippen molar-refractivity contribution in [3.63, 3.8) is 0 Å². The van der Waals surface area contributed by atoms with Gasteiger partial charge in [-0.3, -0.25) is 9.59 Å². The van der Waals surface area contributed by atoms with E-state index in [0.29, 0.717) is 18.6 Å². The highest BCUT2D eigenvalue weighted by atomic mass is 33.1. The first-order chi connectivity index (χ1) is 7.20. The van der Waals surface area contributed by atoms with Gasteiger partial charge in [0.25, 0.3) is 0 Å². The number of rotatable bonds is 8. The van der Waals surface area contributed by atoms with Crippen molar-refractivity contribution < 1.29 is 9.59 Å². The van der Waals surface area contributed by atoms with Gasteiger partial charge in [-0.1, -0.05) is 21.6 Å². The predicted molar refractivity (Wildman–Crippen MR) is 65.9 cm³/mol. The van der Waals surface area contributed by atoms with Crippen LogP contribution in [0.3, 0.4) is 0 Å². The van der Waals surface area contributed by atoms with Gasteiger partial charge in [0, 0.05) is 38.1 Å². The predicted octanol–water partition coefficient (Wildman–Crippen LogP) is 0.626. The Bertz CT molecular complexity index is 224. The van der Waals surface area contributed by atoms with Gasteiger partial charge in [-0.25, -0.2) is 5.43 Å². The maximum atomic E-state index is 10.9. The zero-order valence-electron chi connectivity index (χ0n) is 8.62. The van der Waals surface area contributed by atoms with Gasteiger partial charge in [-0.2, -0.15) is 5.10 Å². The van der Waals surface area contributed by atoms with E-state index in [0.717, 1.165) is 5.75 Å². The molecular weight excluding hydrogens is 234 g/mol. The molecule has 0 aliphatic heterocycles. The first kappa shape index (κ1) is 14.3. The molecule has 7 heteroatoms. The summed E-state index contributed by atoms with van der Waals surface area (Å²) in [7, 11) is 4.78. The van der Waals surface area contributed by atoms with Crippen molar-refractivity contribution in [1.29, 1.82) is 0 Å². The monoisotopic (exact) mass is 249 g/mol. The van der Waals surface area contributed by atoms with Gasteiger partial charge in [-0.15, -0.1) is 0 Å². The van der Waals surface area contributed by atoms with Crippen LogP contribution < -0.4 is 10.7 Å². The summed E-state index contributed by atoms with van der Waals surface area (Å²) in [6.45, 7) is 3.15. The number of nitrogens with one attached hydrogen (secondary N) is 2. The molecule has 0 aromatic heterocycles. The van der Waals surface area contributed by atoms with Crippen LogP contribution in [0.25, 0.3) is 0 Å². The molecule has 0 bridgehead atoms. The van der Waals surface area contributed by atoms with Gasteiger partial charge in [0.2, 0.25) is 11.8 Å². The molecule has 0 heterocycles. The molecule has 0 aliphatic carbocycles. The van der Waals surface area contributed by atoms with Crippen LogP contribution in [0.15, 0.2) is 5.10 Å². The maximum Gasteiger partial charge on any atom is 0.240 e. The quantitative estimate of drug-likeness (QED) is 0.286. The molecule has 0 rings (SSSR count). The van der Waals surface area contributed by atoms with E-state index in [-0.39, 0.29) is 11.8 Å². The van der Waals surface area contributed by atoms with Gasteiger partial charge in [-0.05, 0) is 0 Å². The van der Waals surface area contributed by atoms with Gasteiger partial charge in [0.1, 0.15) is 0 Å². The summed E-state index contributed by atoms with van der Waals surface area (Å²) in [6, 6.07) is 0. The highest BCUT2D eigenvalue weighted by Gasteiger charge is 2.00. The van der Waals surface area contributed by atoms with Gasteiger partial charge in [0.05, 0.1) is 0 Å². The van der Waals surface area contributed by atoms with Crippen LogP contribution >= 0.6 is 21.6 Å². The minimum absolute atomic E-state index is 0.0386. The lowest BCUT2D eigenvalue weighted by atomic mass is 10.5. The Morgan fingerprint density at radius 2 is 1.73 bits per heavy atom. The highest BCUT2D eigenvalue weighted by Crippen LogP contribution is 2.22. The largest absolute Gasteiger partial charge is 0.359 e. The molecule has 86 valence electrons. The molecule has 0 aromatic carbocycles. The molecule has 5 nitrogen and oxygen atoms in total. The van der Waals surface area contributed by atoms with Crippen LogP contribution in [0, 0.1) is 0 Å². The first-order valence-corrected chi connectivity index (χ1v) is 6.89. The molecule has 0 saturated carbocycles. The average Bonchev–Trinajstić information content (AvgIpc) is 2.23. The second kappa shape index (κ2) is 9.85. The molecule has 0 aliphatic rings. The minimum Gasteiger partial charge on any atom is -0.359 e. The van der Waals surface area contributed by atoms with Crippen LogP contribution in [0.2, 0.25) is 0 Å². The zero-order chi connectivity index (χ0) is 11.5. The fourth-order valence-corrected chi connectivity index (χ4v) is 2.64. The Balaban J connectivity index is 3.21. The summed E-state index contributed by atoms with van der Waals surface area (Å²) >= 11 is 0. The summed E-state index contributed by atoms with van der Waals surface area (Å²) in [4.78, 5) is 21.7. The Labute approximate surface area is 97.2 Å². The fourth-order valence-electron chi connectivity index (χ4n) is 0.656. The van der Waals surface area contributed by atoms with E-state index in [1.807, 2.05) is 0 Å². The number of carbonyl (C=O) groups excluding carboxylic acids is 2. The van der Waals surface area contributed by atoms with Crippen molar-refractivity contribution in [3.8, 4) is 0 Å². The van der Waals surface area contributed by atoms with E-state index in [9.17, 15) is 9.59 Å². The van der Waals surface area contributed by atoms with E-state index < -0.39 is 0 Å². The second-order valence-electron chi connectivity index (χ2n) is 2.51. The topological polar surface area (TPSA) is 70.6 Å². The lowest BCUT2D eigenvalue weighted by Gasteiger charge is -2.00. The first-order valence-electron chi connectivity index (χ1n) is 4.40. The van der Waals surface area contributed by atoms with Crippen molar-refractivity contribution in [2.24, 2.45) is 5.10 Å². The van der Waals surface area contributed by atoms with E-state index >= 15 is 0 Å². The summed E-state index contributed by atoms with van der Waals surface area (Å²) in [6.07, 6.45) is 0.922. The molecule has 0 unspecified atom stereocenters. The molecule has 0 saturated heterocycles. The summed E-state index contributed by atoms with van der Waals surface area (Å²) in [5.41, 5.74) is 2.25. The third kappa shape index (κ3) is 9.61. The van der Waals surface area contributed by atoms with Crippen LogP contribution in [0.5, 0.6) is 0 Å². The Kier molecular flexibility index (Phi) is 9.40. The van der Waals surface area contributed by atoms with Crippen LogP contribution in [0.1, 0.15) is 12.8 Å². The van der Waals surface area contributed by atoms with Crippen molar-refractivity contribution in [2.45, 2.75) is 12.8 Å². The van der Waals surface area contributed by atoms with E-state index in [1.54, 1.807) is 28.6 Å². The summed E-state index contributed by atoms with van der Waals surface area (Å²) < 4.78 is 0. The molecule has 0 radical (unpaired) electrons.